The number of carbonyl (C=O) groups is 2. The Hall–Kier alpha value is -2.58. The Labute approximate surface area is 239 Å². The largest absolute Gasteiger partial charge is 0.352 e. The lowest BCUT2D eigenvalue weighted by atomic mass is 9.95. The van der Waals surface area contributed by atoms with Crippen molar-refractivity contribution in [1.29, 1.82) is 0 Å². The molecule has 0 spiro atoms. The van der Waals surface area contributed by atoms with Crippen molar-refractivity contribution >= 4 is 39.1 Å². The molecule has 0 bridgehead atoms. The topological polar surface area (TPSA) is 86.8 Å². The summed E-state index contributed by atoms with van der Waals surface area (Å²) in [6.45, 7) is 6.13. The molecule has 0 aromatic heterocycles. The fraction of sp³-hybridized carbons (Fsp3) is 0.533. The third kappa shape index (κ3) is 8.45. The summed E-state index contributed by atoms with van der Waals surface area (Å²) in [7, 11) is -3.55. The Morgan fingerprint density at radius 3 is 2.38 bits per heavy atom. The zero-order chi connectivity index (χ0) is 28.6. The van der Waals surface area contributed by atoms with Gasteiger partial charge < -0.3 is 10.2 Å². The van der Waals surface area contributed by atoms with Gasteiger partial charge in [-0.25, -0.2) is 8.42 Å². The number of sulfonamides is 1. The van der Waals surface area contributed by atoms with Crippen LogP contribution in [0.25, 0.3) is 0 Å². The van der Waals surface area contributed by atoms with Crippen LogP contribution in [0.15, 0.2) is 42.5 Å². The lowest BCUT2D eigenvalue weighted by molar-refractivity contribution is -0.141. The Morgan fingerprint density at radius 2 is 1.74 bits per heavy atom. The van der Waals surface area contributed by atoms with Gasteiger partial charge in [0.25, 0.3) is 0 Å². The second-order valence-corrected chi connectivity index (χ2v) is 12.9. The second-order valence-electron chi connectivity index (χ2n) is 10.5. The lowest BCUT2D eigenvalue weighted by Crippen LogP contribution is -2.51. The van der Waals surface area contributed by atoms with Crippen molar-refractivity contribution in [3.63, 3.8) is 0 Å². The smallest absolute Gasteiger partial charge is 0.243 e. The Kier molecular flexibility index (Phi) is 11.2. The molecule has 39 heavy (non-hydrogen) atoms. The number of hydrogen-bond acceptors (Lipinski definition) is 4. The summed E-state index contributed by atoms with van der Waals surface area (Å²) in [5.74, 6) is -0.340. The zero-order valence-corrected chi connectivity index (χ0v) is 25.2. The zero-order valence-electron chi connectivity index (χ0n) is 23.6. The van der Waals surface area contributed by atoms with Gasteiger partial charge in [0.1, 0.15) is 6.04 Å². The van der Waals surface area contributed by atoms with Crippen LogP contribution in [0, 0.1) is 13.8 Å². The molecule has 1 saturated carbocycles. The molecule has 0 radical (unpaired) electrons. The highest BCUT2D eigenvalue weighted by atomic mass is 35.5. The summed E-state index contributed by atoms with van der Waals surface area (Å²) >= 11 is 6.44. The van der Waals surface area contributed by atoms with E-state index >= 15 is 0 Å². The van der Waals surface area contributed by atoms with Crippen molar-refractivity contribution in [2.45, 2.75) is 90.8 Å². The SMILES string of the molecule is CC[C@@H](C(=O)NC1CCCCC1)N(Cc1ccccc1Cl)C(=O)CCCN(c1cccc(C)c1C)S(C)(=O)=O. The molecule has 2 amide bonds. The van der Waals surface area contributed by atoms with Gasteiger partial charge in [0.2, 0.25) is 21.8 Å². The van der Waals surface area contributed by atoms with Crippen LogP contribution in [-0.2, 0) is 26.2 Å². The number of anilines is 1. The fourth-order valence-corrected chi connectivity index (χ4v) is 6.47. The van der Waals surface area contributed by atoms with E-state index in [2.05, 4.69) is 5.32 Å². The molecule has 1 fully saturated rings. The van der Waals surface area contributed by atoms with Gasteiger partial charge in [-0.1, -0.05) is 68.1 Å². The van der Waals surface area contributed by atoms with Crippen molar-refractivity contribution in [2.24, 2.45) is 0 Å². The molecular weight excluding hydrogens is 534 g/mol. The molecule has 3 rings (SSSR count). The van der Waals surface area contributed by atoms with Gasteiger partial charge >= 0.3 is 0 Å². The highest BCUT2D eigenvalue weighted by Crippen LogP contribution is 2.26. The van der Waals surface area contributed by atoms with Crippen molar-refractivity contribution in [2.75, 3.05) is 17.1 Å². The first-order valence-electron chi connectivity index (χ1n) is 13.9. The summed E-state index contributed by atoms with van der Waals surface area (Å²) in [5.41, 5.74) is 3.28. The fourth-order valence-electron chi connectivity index (χ4n) is 5.26. The number of rotatable bonds is 12. The predicted molar refractivity (Wildman–Crippen MR) is 158 cm³/mol. The van der Waals surface area contributed by atoms with Crippen LogP contribution in [0.1, 0.15) is 75.0 Å². The minimum atomic E-state index is -3.55. The molecule has 2 aromatic rings. The monoisotopic (exact) mass is 575 g/mol. The molecule has 214 valence electrons. The van der Waals surface area contributed by atoms with E-state index in [1.165, 1.54) is 17.0 Å². The third-order valence-electron chi connectivity index (χ3n) is 7.63. The maximum atomic E-state index is 13.7. The number of nitrogens with zero attached hydrogens (tertiary/aromatic N) is 2. The third-order valence-corrected chi connectivity index (χ3v) is 9.18. The van der Waals surface area contributed by atoms with Gasteiger partial charge in [0.05, 0.1) is 11.9 Å². The maximum Gasteiger partial charge on any atom is 0.243 e. The van der Waals surface area contributed by atoms with E-state index in [1.807, 2.05) is 51.1 Å². The summed E-state index contributed by atoms with van der Waals surface area (Å²) in [6, 6.07) is 12.4. The van der Waals surface area contributed by atoms with Gasteiger partial charge in [-0.3, -0.25) is 13.9 Å². The number of amides is 2. The number of nitrogens with one attached hydrogen (secondary N) is 1. The Balaban J connectivity index is 1.79. The Bertz CT molecular complexity index is 1240. The minimum absolute atomic E-state index is 0.106. The number of aryl methyl sites for hydroxylation is 1. The second kappa shape index (κ2) is 14.2. The number of hydrogen-bond donors (Lipinski definition) is 1. The molecule has 1 aliphatic carbocycles. The van der Waals surface area contributed by atoms with Crippen molar-refractivity contribution in [3.8, 4) is 0 Å². The van der Waals surface area contributed by atoms with Crippen LogP contribution in [-0.4, -0.2) is 50.0 Å². The first-order chi connectivity index (χ1) is 18.5. The predicted octanol–water partition coefficient (Wildman–Crippen LogP) is 5.76. The molecule has 1 aliphatic rings. The summed E-state index contributed by atoms with van der Waals surface area (Å²) in [6.07, 6.45) is 7.37. The molecule has 7 nitrogen and oxygen atoms in total. The number of benzene rings is 2. The van der Waals surface area contributed by atoms with Gasteiger partial charge in [0, 0.05) is 30.6 Å². The van der Waals surface area contributed by atoms with E-state index in [4.69, 9.17) is 11.6 Å². The molecule has 9 heteroatoms. The highest BCUT2D eigenvalue weighted by molar-refractivity contribution is 7.92. The highest BCUT2D eigenvalue weighted by Gasteiger charge is 2.31. The molecular formula is C30H42ClN3O4S. The number of halogens is 1. The lowest BCUT2D eigenvalue weighted by Gasteiger charge is -2.33. The first kappa shape index (κ1) is 31.0. The molecule has 2 aromatic carbocycles. The summed E-state index contributed by atoms with van der Waals surface area (Å²) in [4.78, 5) is 28.7. The van der Waals surface area contributed by atoms with Crippen LogP contribution in [0.3, 0.4) is 0 Å². The molecule has 0 saturated heterocycles. The van der Waals surface area contributed by atoms with Crippen molar-refractivity contribution in [1.82, 2.24) is 10.2 Å². The van der Waals surface area contributed by atoms with E-state index in [0.29, 0.717) is 23.6 Å². The summed E-state index contributed by atoms with van der Waals surface area (Å²) < 4.78 is 26.7. The summed E-state index contributed by atoms with van der Waals surface area (Å²) in [5, 5.41) is 3.72. The van der Waals surface area contributed by atoms with E-state index in [9.17, 15) is 18.0 Å². The van der Waals surface area contributed by atoms with Crippen LogP contribution in [0.5, 0.6) is 0 Å². The molecule has 1 N–H and O–H groups in total. The molecule has 1 atom stereocenters. The first-order valence-corrected chi connectivity index (χ1v) is 16.1. The van der Waals surface area contributed by atoms with Crippen molar-refractivity contribution in [3.05, 3.63) is 64.2 Å². The van der Waals surface area contributed by atoms with Gasteiger partial charge in [-0.2, -0.15) is 0 Å². The Morgan fingerprint density at radius 1 is 1.05 bits per heavy atom. The normalized spacial score (nSPS) is 15.0. The van der Waals surface area contributed by atoms with Gasteiger partial charge in [-0.05, 0) is 68.4 Å². The standard InChI is InChI=1S/C30H42ClN3O4S/c1-5-27(30(36)32-25-15-7-6-8-16-25)33(21-24-14-9-10-17-26(24)31)29(35)19-12-20-34(39(4,37)38)28-18-11-13-22(2)23(28)3/h9-11,13-14,17-18,25,27H,5-8,12,15-16,19-21H2,1-4H3,(H,32,36)/t27-/m0/s1. The van der Waals surface area contributed by atoms with E-state index in [0.717, 1.165) is 42.4 Å². The van der Waals surface area contributed by atoms with Crippen LogP contribution < -0.4 is 9.62 Å². The van der Waals surface area contributed by atoms with E-state index < -0.39 is 16.1 Å². The number of carbonyl (C=O) groups excluding carboxylic acids is 2. The van der Waals surface area contributed by atoms with Gasteiger partial charge in [-0.15, -0.1) is 0 Å². The van der Waals surface area contributed by atoms with Crippen LogP contribution in [0.4, 0.5) is 5.69 Å². The van der Waals surface area contributed by atoms with E-state index in [-0.39, 0.29) is 37.4 Å². The average molecular weight is 576 g/mol. The van der Waals surface area contributed by atoms with E-state index in [1.54, 1.807) is 17.0 Å². The molecule has 0 aliphatic heterocycles. The minimum Gasteiger partial charge on any atom is -0.352 e. The molecule has 0 heterocycles. The molecule has 0 unspecified atom stereocenters. The average Bonchev–Trinajstić information content (AvgIpc) is 2.89. The van der Waals surface area contributed by atoms with Crippen molar-refractivity contribution < 1.29 is 18.0 Å². The van der Waals surface area contributed by atoms with Crippen LogP contribution >= 0.6 is 11.6 Å². The van der Waals surface area contributed by atoms with Gasteiger partial charge in [0.15, 0.2) is 0 Å². The quantitative estimate of drug-likeness (QED) is 0.349. The van der Waals surface area contributed by atoms with Crippen LogP contribution in [0.2, 0.25) is 5.02 Å². The maximum absolute atomic E-state index is 13.7.